The molecule has 0 fully saturated rings. The van der Waals surface area contributed by atoms with Crippen molar-refractivity contribution < 1.29 is 9.53 Å². The second-order valence-electron chi connectivity index (χ2n) is 4.66. The first-order valence-electron chi connectivity index (χ1n) is 6.41. The van der Waals surface area contributed by atoms with E-state index in [9.17, 15) is 4.79 Å². The first kappa shape index (κ1) is 14.9. The lowest BCUT2D eigenvalue weighted by molar-refractivity contribution is 0.0788. The summed E-state index contributed by atoms with van der Waals surface area (Å²) in [4.78, 5) is 14.3. The van der Waals surface area contributed by atoms with Gasteiger partial charge in [0.25, 0.3) is 0 Å². The molecule has 1 unspecified atom stereocenters. The number of methoxy groups -OCH3 is 1. The molecule has 0 aliphatic rings. The Morgan fingerprint density at radius 1 is 1.33 bits per heavy atom. The Hall–Kier alpha value is -1.19. The zero-order chi connectivity index (χ0) is 13.5. The van der Waals surface area contributed by atoms with Crippen molar-refractivity contribution >= 4 is 5.78 Å². The molecule has 1 atom stereocenters. The Labute approximate surface area is 110 Å². The molecule has 0 N–H and O–H groups in total. The molecular weight excluding hydrogens is 226 g/mol. The minimum atomic E-state index is 0.166. The number of ether oxygens (including phenoxy) is 1. The normalized spacial score (nSPS) is 12.7. The Balaban J connectivity index is 2.64. The van der Waals surface area contributed by atoms with Gasteiger partial charge in [0, 0.05) is 18.7 Å². The minimum Gasteiger partial charge on any atom is -0.383 e. The van der Waals surface area contributed by atoms with E-state index in [0.717, 1.165) is 12.1 Å². The monoisotopic (exact) mass is 249 g/mol. The van der Waals surface area contributed by atoms with Crippen LogP contribution < -0.4 is 0 Å². The van der Waals surface area contributed by atoms with E-state index in [4.69, 9.17) is 4.74 Å². The van der Waals surface area contributed by atoms with Crippen LogP contribution in [0.25, 0.3) is 0 Å². The first-order valence-corrected chi connectivity index (χ1v) is 6.41. The lowest BCUT2D eigenvalue weighted by Crippen LogP contribution is -2.39. The SMILES string of the molecule is CCN(CC(=O)c1ccc(C)cc1)C(C)COC. The summed E-state index contributed by atoms with van der Waals surface area (Å²) in [7, 11) is 1.69. The molecule has 100 valence electrons. The van der Waals surface area contributed by atoms with Crippen LogP contribution in [0.2, 0.25) is 0 Å². The number of hydrogen-bond donors (Lipinski definition) is 0. The van der Waals surface area contributed by atoms with Gasteiger partial charge in [-0.2, -0.15) is 0 Å². The molecule has 0 saturated carbocycles. The molecule has 3 nitrogen and oxygen atoms in total. The van der Waals surface area contributed by atoms with Gasteiger partial charge in [-0.05, 0) is 20.4 Å². The molecule has 0 bridgehead atoms. The smallest absolute Gasteiger partial charge is 0.176 e. The zero-order valence-electron chi connectivity index (χ0n) is 11.8. The number of nitrogens with zero attached hydrogens (tertiary/aromatic N) is 1. The second-order valence-corrected chi connectivity index (χ2v) is 4.66. The summed E-state index contributed by atoms with van der Waals surface area (Å²) < 4.78 is 5.14. The van der Waals surface area contributed by atoms with Crippen LogP contribution in [-0.4, -0.2) is 43.5 Å². The lowest BCUT2D eigenvalue weighted by Gasteiger charge is -2.26. The third-order valence-electron chi connectivity index (χ3n) is 3.16. The van der Waals surface area contributed by atoms with Crippen LogP contribution in [0.15, 0.2) is 24.3 Å². The molecule has 0 saturated heterocycles. The van der Waals surface area contributed by atoms with Crippen LogP contribution in [0.3, 0.4) is 0 Å². The van der Waals surface area contributed by atoms with Gasteiger partial charge in [0.05, 0.1) is 13.2 Å². The molecular formula is C15H23NO2. The quantitative estimate of drug-likeness (QED) is 0.695. The highest BCUT2D eigenvalue weighted by atomic mass is 16.5. The maximum atomic E-state index is 12.2. The van der Waals surface area contributed by atoms with Crippen LogP contribution in [-0.2, 0) is 4.74 Å². The predicted octanol–water partition coefficient (Wildman–Crippen LogP) is 2.53. The van der Waals surface area contributed by atoms with Gasteiger partial charge in [0.2, 0.25) is 0 Å². The van der Waals surface area contributed by atoms with E-state index in [1.807, 2.05) is 31.2 Å². The third kappa shape index (κ3) is 4.24. The third-order valence-corrected chi connectivity index (χ3v) is 3.16. The number of likely N-dealkylation sites (N-methyl/N-ethyl adjacent to an activating group) is 1. The molecule has 1 aromatic rings. The molecule has 1 rings (SSSR count). The molecule has 0 spiro atoms. The average molecular weight is 249 g/mol. The Bertz CT molecular complexity index is 373. The van der Waals surface area contributed by atoms with E-state index in [-0.39, 0.29) is 11.8 Å². The van der Waals surface area contributed by atoms with Crippen LogP contribution in [0.4, 0.5) is 0 Å². The van der Waals surface area contributed by atoms with Gasteiger partial charge < -0.3 is 4.74 Å². The van der Waals surface area contributed by atoms with Gasteiger partial charge in [-0.15, -0.1) is 0 Å². The van der Waals surface area contributed by atoms with Crippen molar-refractivity contribution in [2.24, 2.45) is 0 Å². The van der Waals surface area contributed by atoms with Crippen molar-refractivity contribution in [3.05, 3.63) is 35.4 Å². The predicted molar refractivity (Wildman–Crippen MR) is 74.1 cm³/mol. The number of rotatable bonds is 7. The maximum Gasteiger partial charge on any atom is 0.176 e. The molecule has 18 heavy (non-hydrogen) atoms. The topological polar surface area (TPSA) is 29.5 Å². The van der Waals surface area contributed by atoms with Crippen molar-refractivity contribution in [3.63, 3.8) is 0 Å². The summed E-state index contributed by atoms with van der Waals surface area (Å²) in [5.41, 5.74) is 1.95. The van der Waals surface area contributed by atoms with E-state index < -0.39 is 0 Å². The summed E-state index contributed by atoms with van der Waals surface area (Å²) in [6, 6.07) is 8.00. The van der Waals surface area contributed by atoms with Crippen molar-refractivity contribution in [3.8, 4) is 0 Å². The molecule has 0 heterocycles. The highest BCUT2D eigenvalue weighted by Crippen LogP contribution is 2.07. The fraction of sp³-hybridized carbons (Fsp3) is 0.533. The van der Waals surface area contributed by atoms with Crippen LogP contribution in [0, 0.1) is 6.92 Å². The summed E-state index contributed by atoms with van der Waals surface area (Å²) in [6.07, 6.45) is 0. The summed E-state index contributed by atoms with van der Waals surface area (Å²) in [6.45, 7) is 8.11. The fourth-order valence-corrected chi connectivity index (χ4v) is 1.94. The van der Waals surface area contributed by atoms with E-state index in [0.29, 0.717) is 13.2 Å². The van der Waals surface area contributed by atoms with Gasteiger partial charge in [0.1, 0.15) is 0 Å². The van der Waals surface area contributed by atoms with Gasteiger partial charge in [-0.3, -0.25) is 9.69 Å². The average Bonchev–Trinajstić information content (AvgIpc) is 2.36. The van der Waals surface area contributed by atoms with Crippen molar-refractivity contribution in [1.82, 2.24) is 4.90 Å². The lowest BCUT2D eigenvalue weighted by atomic mass is 10.1. The van der Waals surface area contributed by atoms with Crippen molar-refractivity contribution in [1.29, 1.82) is 0 Å². The van der Waals surface area contributed by atoms with Gasteiger partial charge >= 0.3 is 0 Å². The molecule has 0 aromatic heterocycles. The molecule has 1 aromatic carbocycles. The standard InChI is InChI=1S/C15H23NO2/c1-5-16(13(3)11-18-4)10-15(17)14-8-6-12(2)7-9-14/h6-9,13H,5,10-11H2,1-4H3. The Morgan fingerprint density at radius 2 is 1.94 bits per heavy atom. The van der Waals surface area contributed by atoms with E-state index >= 15 is 0 Å². The Morgan fingerprint density at radius 3 is 2.44 bits per heavy atom. The highest BCUT2D eigenvalue weighted by Gasteiger charge is 2.16. The van der Waals surface area contributed by atoms with Crippen LogP contribution in [0.5, 0.6) is 0 Å². The molecule has 3 heteroatoms. The number of aryl methyl sites for hydroxylation is 1. The second kappa shape index (κ2) is 7.29. The number of carbonyl (C=O) groups is 1. The van der Waals surface area contributed by atoms with Crippen molar-refractivity contribution in [2.75, 3.05) is 26.8 Å². The fourth-order valence-electron chi connectivity index (χ4n) is 1.94. The zero-order valence-corrected chi connectivity index (χ0v) is 11.8. The number of carbonyl (C=O) groups excluding carboxylic acids is 1. The van der Waals surface area contributed by atoms with E-state index in [1.165, 1.54) is 5.56 Å². The van der Waals surface area contributed by atoms with Crippen molar-refractivity contribution in [2.45, 2.75) is 26.8 Å². The van der Waals surface area contributed by atoms with Crippen LogP contribution in [0.1, 0.15) is 29.8 Å². The number of benzene rings is 1. The highest BCUT2D eigenvalue weighted by molar-refractivity contribution is 5.97. The molecule has 0 aliphatic carbocycles. The molecule has 0 radical (unpaired) electrons. The number of ketones is 1. The van der Waals surface area contributed by atoms with Gasteiger partial charge in [0.15, 0.2) is 5.78 Å². The van der Waals surface area contributed by atoms with Crippen LogP contribution >= 0.6 is 0 Å². The van der Waals surface area contributed by atoms with E-state index in [2.05, 4.69) is 18.7 Å². The summed E-state index contributed by atoms with van der Waals surface area (Å²) in [5.74, 6) is 0.166. The molecule has 0 amide bonds. The summed E-state index contributed by atoms with van der Waals surface area (Å²) in [5, 5.41) is 0. The number of Topliss-reactive ketones (excluding diaryl/α,β-unsaturated/α-hetero) is 1. The van der Waals surface area contributed by atoms with E-state index in [1.54, 1.807) is 7.11 Å². The minimum absolute atomic E-state index is 0.166. The maximum absolute atomic E-state index is 12.2. The first-order chi connectivity index (χ1) is 8.58. The molecule has 0 aliphatic heterocycles. The van der Waals surface area contributed by atoms with Gasteiger partial charge in [-0.1, -0.05) is 36.8 Å². The largest absolute Gasteiger partial charge is 0.383 e. The number of hydrogen-bond acceptors (Lipinski definition) is 3. The van der Waals surface area contributed by atoms with Gasteiger partial charge in [-0.25, -0.2) is 0 Å². The summed E-state index contributed by atoms with van der Waals surface area (Å²) >= 11 is 0. The Kier molecular flexibility index (Phi) is 6.02.